The number of amides is 1. The van der Waals surface area contributed by atoms with Gasteiger partial charge >= 0.3 is 5.97 Å². The van der Waals surface area contributed by atoms with Crippen molar-refractivity contribution in [3.63, 3.8) is 0 Å². The fraction of sp³-hybridized carbons (Fsp3) is 0.400. The van der Waals surface area contributed by atoms with Crippen LogP contribution in [-0.2, 0) is 20.8 Å². The standard InChI is InChI=1S/C15H18N2O6/c1-2-12(18)6-7-13(15(20)21)16-14(19)9-10-4-3-5-11(8-10)17(22)23/h3-5,8,13H,2,6-7,9H2,1H3,(H,16,19)(H,20,21)/t13-/m1/s1. The molecule has 0 radical (unpaired) electrons. The monoisotopic (exact) mass is 322 g/mol. The maximum absolute atomic E-state index is 11.9. The second kappa shape index (κ2) is 8.62. The fourth-order valence-corrected chi connectivity index (χ4v) is 1.95. The molecule has 0 aromatic heterocycles. The van der Waals surface area contributed by atoms with Gasteiger partial charge in [0.2, 0.25) is 5.91 Å². The Bertz CT molecular complexity index is 614. The van der Waals surface area contributed by atoms with E-state index in [-0.39, 0.29) is 30.7 Å². The van der Waals surface area contributed by atoms with Gasteiger partial charge in [-0.2, -0.15) is 0 Å². The maximum Gasteiger partial charge on any atom is 0.326 e. The molecule has 1 aromatic rings. The molecule has 0 unspecified atom stereocenters. The highest BCUT2D eigenvalue weighted by molar-refractivity contribution is 5.85. The number of benzene rings is 1. The third kappa shape index (κ3) is 6.25. The van der Waals surface area contributed by atoms with Crippen LogP contribution in [0.4, 0.5) is 5.69 Å². The number of hydrogen-bond acceptors (Lipinski definition) is 5. The Kier molecular flexibility index (Phi) is 6.85. The second-order valence-corrected chi connectivity index (χ2v) is 4.99. The number of ketones is 1. The first-order valence-corrected chi connectivity index (χ1v) is 7.10. The number of rotatable bonds is 9. The Morgan fingerprint density at radius 2 is 2.04 bits per heavy atom. The van der Waals surface area contributed by atoms with Gasteiger partial charge in [-0.3, -0.25) is 19.7 Å². The minimum atomic E-state index is -1.22. The maximum atomic E-state index is 11.9. The smallest absolute Gasteiger partial charge is 0.326 e. The third-order valence-corrected chi connectivity index (χ3v) is 3.23. The number of nitrogens with one attached hydrogen (secondary N) is 1. The Balaban J connectivity index is 2.65. The van der Waals surface area contributed by atoms with Gasteiger partial charge in [-0.05, 0) is 12.0 Å². The summed E-state index contributed by atoms with van der Waals surface area (Å²) in [5.41, 5.74) is 0.268. The summed E-state index contributed by atoms with van der Waals surface area (Å²) in [6.07, 6.45) is 0.231. The Morgan fingerprint density at radius 3 is 2.61 bits per heavy atom. The highest BCUT2D eigenvalue weighted by Crippen LogP contribution is 2.13. The van der Waals surface area contributed by atoms with Crippen molar-refractivity contribution in [1.82, 2.24) is 5.32 Å². The van der Waals surface area contributed by atoms with Crippen LogP contribution in [0.3, 0.4) is 0 Å². The largest absolute Gasteiger partial charge is 0.480 e. The summed E-state index contributed by atoms with van der Waals surface area (Å²) in [4.78, 5) is 44.4. The lowest BCUT2D eigenvalue weighted by Crippen LogP contribution is -2.41. The van der Waals surface area contributed by atoms with Crippen LogP contribution in [0.2, 0.25) is 0 Å². The lowest BCUT2D eigenvalue weighted by atomic mass is 10.1. The molecule has 2 N–H and O–H groups in total. The molecule has 8 heteroatoms. The first-order chi connectivity index (χ1) is 10.8. The normalized spacial score (nSPS) is 11.5. The molecule has 0 bridgehead atoms. The van der Waals surface area contributed by atoms with Crippen molar-refractivity contribution in [2.45, 2.75) is 38.6 Å². The summed E-state index contributed by atoms with van der Waals surface area (Å²) >= 11 is 0. The summed E-state index contributed by atoms with van der Waals surface area (Å²) in [5.74, 6) is -1.87. The van der Waals surface area contributed by atoms with Crippen molar-refractivity contribution in [1.29, 1.82) is 0 Å². The Hall–Kier alpha value is -2.77. The zero-order chi connectivity index (χ0) is 17.4. The predicted octanol–water partition coefficient (Wildman–Crippen LogP) is 1.47. The van der Waals surface area contributed by atoms with E-state index in [1.165, 1.54) is 18.2 Å². The topological polar surface area (TPSA) is 127 Å². The average Bonchev–Trinajstić information content (AvgIpc) is 2.50. The molecule has 0 spiro atoms. The fourth-order valence-electron chi connectivity index (χ4n) is 1.95. The van der Waals surface area contributed by atoms with E-state index < -0.39 is 22.8 Å². The molecule has 124 valence electrons. The molecule has 8 nitrogen and oxygen atoms in total. The molecule has 0 fully saturated rings. The van der Waals surface area contributed by atoms with Crippen LogP contribution in [0.25, 0.3) is 0 Å². The van der Waals surface area contributed by atoms with Crippen LogP contribution in [0, 0.1) is 10.1 Å². The lowest BCUT2D eigenvalue weighted by molar-refractivity contribution is -0.384. The number of carbonyl (C=O) groups is 3. The van der Waals surface area contributed by atoms with Crippen LogP contribution < -0.4 is 5.32 Å². The number of Topliss-reactive ketones (excluding diaryl/α,β-unsaturated/α-hetero) is 1. The quantitative estimate of drug-likeness (QED) is 0.523. The van der Waals surface area contributed by atoms with Crippen molar-refractivity contribution in [2.24, 2.45) is 0 Å². The van der Waals surface area contributed by atoms with E-state index in [1.54, 1.807) is 13.0 Å². The number of nitrogens with zero attached hydrogens (tertiary/aromatic N) is 1. The summed E-state index contributed by atoms with van der Waals surface area (Å²) < 4.78 is 0. The number of carbonyl (C=O) groups excluding carboxylic acids is 2. The van der Waals surface area contributed by atoms with E-state index in [0.29, 0.717) is 12.0 Å². The molecular weight excluding hydrogens is 304 g/mol. The predicted molar refractivity (Wildman–Crippen MR) is 80.9 cm³/mol. The molecule has 1 amide bonds. The van der Waals surface area contributed by atoms with Crippen LogP contribution in [-0.4, -0.2) is 33.7 Å². The van der Waals surface area contributed by atoms with Gasteiger partial charge in [0.15, 0.2) is 0 Å². The van der Waals surface area contributed by atoms with Gasteiger partial charge < -0.3 is 10.4 Å². The summed E-state index contributed by atoms with van der Waals surface area (Å²) in [6, 6.07) is 4.41. The van der Waals surface area contributed by atoms with Gasteiger partial charge in [-0.25, -0.2) is 4.79 Å². The van der Waals surface area contributed by atoms with Crippen LogP contribution in [0.15, 0.2) is 24.3 Å². The number of nitro groups is 1. The van der Waals surface area contributed by atoms with Crippen molar-refractivity contribution in [3.05, 3.63) is 39.9 Å². The lowest BCUT2D eigenvalue weighted by Gasteiger charge is -2.14. The molecule has 1 aromatic carbocycles. The van der Waals surface area contributed by atoms with E-state index in [2.05, 4.69) is 5.32 Å². The van der Waals surface area contributed by atoms with Crippen molar-refractivity contribution in [2.75, 3.05) is 0 Å². The SMILES string of the molecule is CCC(=O)CC[C@@H](NC(=O)Cc1cccc([N+](=O)[O-])c1)C(=O)O. The van der Waals surface area contributed by atoms with Gasteiger partial charge in [0.05, 0.1) is 11.3 Å². The number of aliphatic carboxylic acids is 1. The first kappa shape index (κ1) is 18.3. The van der Waals surface area contributed by atoms with Gasteiger partial charge in [0.1, 0.15) is 11.8 Å². The Labute approximate surface area is 132 Å². The van der Waals surface area contributed by atoms with Gasteiger partial charge in [0, 0.05) is 25.0 Å². The van der Waals surface area contributed by atoms with Crippen molar-refractivity contribution in [3.8, 4) is 0 Å². The summed E-state index contributed by atoms with van der Waals surface area (Å²) in [7, 11) is 0. The summed E-state index contributed by atoms with van der Waals surface area (Å²) in [6.45, 7) is 1.68. The molecule has 0 saturated heterocycles. The molecule has 23 heavy (non-hydrogen) atoms. The minimum Gasteiger partial charge on any atom is -0.480 e. The zero-order valence-corrected chi connectivity index (χ0v) is 12.7. The molecule has 0 aliphatic rings. The molecule has 1 atom stereocenters. The van der Waals surface area contributed by atoms with E-state index in [0.717, 1.165) is 0 Å². The highest BCUT2D eigenvalue weighted by atomic mass is 16.6. The average molecular weight is 322 g/mol. The molecular formula is C15H18N2O6. The van der Waals surface area contributed by atoms with Crippen LogP contribution >= 0.6 is 0 Å². The van der Waals surface area contributed by atoms with Crippen LogP contribution in [0.1, 0.15) is 31.7 Å². The molecule has 0 aliphatic carbocycles. The van der Waals surface area contributed by atoms with E-state index in [1.807, 2.05) is 0 Å². The summed E-state index contributed by atoms with van der Waals surface area (Å²) in [5, 5.41) is 22.1. The van der Waals surface area contributed by atoms with Crippen LogP contribution in [0.5, 0.6) is 0 Å². The second-order valence-electron chi connectivity index (χ2n) is 4.99. The van der Waals surface area contributed by atoms with E-state index in [9.17, 15) is 24.5 Å². The van der Waals surface area contributed by atoms with Crippen molar-refractivity contribution >= 4 is 23.3 Å². The number of nitro benzene ring substituents is 1. The minimum absolute atomic E-state index is 0.0166. The van der Waals surface area contributed by atoms with Crippen molar-refractivity contribution < 1.29 is 24.4 Å². The number of non-ortho nitro benzene ring substituents is 1. The third-order valence-electron chi connectivity index (χ3n) is 3.23. The number of carboxylic acid groups (broad SMARTS) is 1. The van der Waals surface area contributed by atoms with Gasteiger partial charge in [-0.15, -0.1) is 0 Å². The Morgan fingerprint density at radius 1 is 1.35 bits per heavy atom. The zero-order valence-electron chi connectivity index (χ0n) is 12.7. The highest BCUT2D eigenvalue weighted by Gasteiger charge is 2.21. The van der Waals surface area contributed by atoms with Gasteiger partial charge in [0.25, 0.3) is 5.69 Å². The first-order valence-electron chi connectivity index (χ1n) is 7.10. The number of carboxylic acids is 1. The number of hydrogen-bond donors (Lipinski definition) is 2. The molecule has 0 heterocycles. The molecule has 0 saturated carbocycles. The molecule has 0 aliphatic heterocycles. The van der Waals surface area contributed by atoms with E-state index in [4.69, 9.17) is 5.11 Å². The molecule has 1 rings (SSSR count). The van der Waals surface area contributed by atoms with Gasteiger partial charge in [-0.1, -0.05) is 19.1 Å². The van der Waals surface area contributed by atoms with E-state index >= 15 is 0 Å².